The highest BCUT2D eigenvalue weighted by atomic mass is 15.2. The molecular formula is C105H62BN3. The van der Waals surface area contributed by atoms with Crippen molar-refractivity contribution >= 4 is 79.0 Å². The summed E-state index contributed by atoms with van der Waals surface area (Å²) in [6.07, 6.45) is 0. The predicted molar refractivity (Wildman–Crippen MR) is 449 cm³/mol. The van der Waals surface area contributed by atoms with Gasteiger partial charge >= 0.3 is 0 Å². The van der Waals surface area contributed by atoms with E-state index in [9.17, 15) is 0 Å². The molecule has 3 spiro atoms. The van der Waals surface area contributed by atoms with Gasteiger partial charge in [0.15, 0.2) is 0 Å². The summed E-state index contributed by atoms with van der Waals surface area (Å²) in [7, 11) is 0. The van der Waals surface area contributed by atoms with Gasteiger partial charge in [-0.2, -0.15) is 0 Å². The second kappa shape index (κ2) is 20.8. The molecule has 3 nitrogen and oxygen atoms in total. The summed E-state index contributed by atoms with van der Waals surface area (Å²) in [6, 6.07) is 146. The van der Waals surface area contributed by atoms with Crippen LogP contribution in [-0.2, 0) is 16.2 Å². The zero-order valence-electron chi connectivity index (χ0n) is 59.2. The van der Waals surface area contributed by atoms with Crippen molar-refractivity contribution < 1.29 is 0 Å². The number of rotatable bonds is 4. The van der Waals surface area contributed by atoms with Crippen LogP contribution in [0.15, 0.2) is 376 Å². The number of hydrogen-bond donors (Lipinski definition) is 0. The van der Waals surface area contributed by atoms with E-state index in [4.69, 9.17) is 0 Å². The van der Waals surface area contributed by atoms with Crippen molar-refractivity contribution in [2.45, 2.75) is 16.2 Å². The summed E-state index contributed by atoms with van der Waals surface area (Å²) in [5, 5.41) is 2.44. The molecule has 0 radical (unpaired) electrons. The highest BCUT2D eigenvalue weighted by Crippen LogP contribution is 2.69. The highest BCUT2D eigenvalue weighted by Gasteiger charge is 2.58. The molecule has 6 aliphatic carbocycles. The van der Waals surface area contributed by atoms with Crippen LogP contribution in [0.5, 0.6) is 0 Å². The number of fused-ring (bicyclic) bond motifs is 37. The predicted octanol–water partition coefficient (Wildman–Crippen LogP) is 23.6. The molecule has 3 heterocycles. The fourth-order valence-electron chi connectivity index (χ4n) is 22.8. The van der Waals surface area contributed by atoms with Gasteiger partial charge in [0.05, 0.1) is 38.7 Å². The topological polar surface area (TPSA) is 11.4 Å². The number of anilines is 6. The minimum atomic E-state index is -0.667. The first kappa shape index (κ1) is 58.5. The van der Waals surface area contributed by atoms with Crippen LogP contribution in [0.25, 0.3) is 105 Å². The minimum Gasteiger partial charge on any atom is -0.311 e. The zero-order chi connectivity index (χ0) is 70.7. The lowest BCUT2D eigenvalue weighted by molar-refractivity contribution is 0.793. The van der Waals surface area contributed by atoms with Gasteiger partial charge in [0.25, 0.3) is 6.71 Å². The molecule has 4 heteroatoms. The first-order chi connectivity index (χ1) is 54.1. The summed E-state index contributed by atoms with van der Waals surface area (Å²) in [4.78, 5) is 5.49. The Morgan fingerprint density at radius 2 is 0.587 bits per heavy atom. The van der Waals surface area contributed by atoms with E-state index < -0.39 is 16.2 Å². The molecule has 0 amide bonds. The van der Waals surface area contributed by atoms with Crippen LogP contribution in [0.4, 0.5) is 34.1 Å². The molecule has 0 N–H and O–H groups in total. The Labute approximate surface area is 631 Å². The second-order valence-electron chi connectivity index (χ2n) is 31.1. The van der Waals surface area contributed by atoms with Crippen LogP contribution in [-0.4, -0.2) is 11.3 Å². The molecule has 0 unspecified atom stereocenters. The molecule has 0 saturated carbocycles. The maximum atomic E-state index is 2.75. The van der Waals surface area contributed by atoms with E-state index >= 15 is 0 Å². The Morgan fingerprint density at radius 3 is 1.09 bits per heavy atom. The average molecular weight is 1380 g/mol. The number of hydrogen-bond acceptors (Lipinski definition) is 2. The molecule has 17 aromatic carbocycles. The molecule has 0 bridgehead atoms. The van der Waals surface area contributed by atoms with Gasteiger partial charge in [-0.05, 0) is 210 Å². The Balaban J connectivity index is 0.835. The van der Waals surface area contributed by atoms with Gasteiger partial charge in [-0.25, -0.2) is 0 Å². The number of nitrogens with zero attached hydrogens (tertiary/aromatic N) is 3. The van der Waals surface area contributed by atoms with Crippen molar-refractivity contribution in [1.82, 2.24) is 4.57 Å². The largest absolute Gasteiger partial charge is 0.311 e. The Morgan fingerprint density at radius 1 is 0.202 bits per heavy atom. The van der Waals surface area contributed by atoms with Crippen molar-refractivity contribution in [3.8, 4) is 83.6 Å². The fourth-order valence-corrected chi connectivity index (χ4v) is 22.8. The second-order valence-corrected chi connectivity index (χ2v) is 31.1. The van der Waals surface area contributed by atoms with Crippen molar-refractivity contribution in [2.75, 3.05) is 9.80 Å². The van der Waals surface area contributed by atoms with E-state index in [1.807, 2.05) is 0 Å². The van der Waals surface area contributed by atoms with Crippen LogP contribution in [0, 0.1) is 0 Å². The molecule has 0 saturated heterocycles. The van der Waals surface area contributed by atoms with Crippen molar-refractivity contribution in [3.05, 3.63) is 443 Å². The van der Waals surface area contributed by atoms with Crippen LogP contribution >= 0.6 is 0 Å². The molecule has 2 aliphatic heterocycles. The monoisotopic (exact) mass is 1380 g/mol. The third kappa shape index (κ3) is 6.96. The lowest BCUT2D eigenvalue weighted by Gasteiger charge is -2.46. The van der Waals surface area contributed by atoms with Gasteiger partial charge < -0.3 is 14.4 Å². The Hall–Kier alpha value is -13.8. The van der Waals surface area contributed by atoms with Crippen molar-refractivity contribution in [2.24, 2.45) is 0 Å². The van der Waals surface area contributed by atoms with Crippen molar-refractivity contribution in [3.63, 3.8) is 0 Å². The summed E-state index contributed by atoms with van der Waals surface area (Å²) in [5.74, 6) is 0. The first-order valence-corrected chi connectivity index (χ1v) is 38.4. The molecule has 26 rings (SSSR count). The molecule has 18 aromatic rings. The van der Waals surface area contributed by atoms with Gasteiger partial charge in [-0.15, -0.1) is 0 Å². The average Bonchev–Trinajstić information content (AvgIpc) is 1.52. The quantitative estimate of drug-likeness (QED) is 0.163. The molecule has 0 atom stereocenters. The SMILES string of the molecule is c1ccc(-c2ccc3c(c2)B2c4cc5c(cc4N(c4ccc6c(c4)-c4ccccc4C64c6ccccc6-c6ccccc64)c4cc(-n6c7ccccc7c7ccccc76)cc(c42)N3c2cccc3c2C2(c4ccccc4-c4ccccc42)c2ccccc2-3)C2(c3ccccc3-c3ccccc32)c2ccccc2-5)cc1. The van der Waals surface area contributed by atoms with E-state index in [0.29, 0.717) is 0 Å². The molecular weight excluding hydrogens is 1310 g/mol. The van der Waals surface area contributed by atoms with E-state index in [-0.39, 0.29) is 6.71 Å². The summed E-state index contributed by atoms with van der Waals surface area (Å²) < 4.78 is 2.57. The molecule has 500 valence electrons. The minimum absolute atomic E-state index is 0.267. The van der Waals surface area contributed by atoms with Crippen LogP contribution < -0.4 is 26.2 Å². The molecule has 8 aliphatic rings. The maximum absolute atomic E-state index is 2.75. The number of para-hydroxylation sites is 2. The lowest BCUT2D eigenvalue weighted by Crippen LogP contribution is -2.61. The molecule has 0 fully saturated rings. The maximum Gasteiger partial charge on any atom is 0.252 e. The van der Waals surface area contributed by atoms with E-state index in [1.54, 1.807) is 0 Å². The summed E-state index contributed by atoms with van der Waals surface area (Å²) in [5.41, 5.74) is 45.8. The van der Waals surface area contributed by atoms with Crippen LogP contribution in [0.3, 0.4) is 0 Å². The number of benzene rings is 17. The normalized spacial score (nSPS) is 15.0. The van der Waals surface area contributed by atoms with E-state index in [2.05, 4.69) is 390 Å². The smallest absolute Gasteiger partial charge is 0.252 e. The number of aromatic nitrogens is 1. The van der Waals surface area contributed by atoms with Crippen LogP contribution in [0.2, 0.25) is 0 Å². The summed E-state index contributed by atoms with van der Waals surface area (Å²) >= 11 is 0. The molecule has 109 heavy (non-hydrogen) atoms. The standard InChI is InChI=1S/C105H62BN3/c1-2-27-63(28-3-1)64-53-56-96-92(57-64)106-93-61-80-75-37-12-20-46-86(75)104(83-43-17-6-31-69(83)70-32-7-18-44-84(70)104)91(80)62-98(93)107(65-54-55-90-79(58-65)74-36-11-19-45-85(74)103(90)81-41-15-4-29-67(81)68-30-5-16-42-82(68)103)99-59-66(108-94-50-24-13-38-76(94)77-39-14-25-51-95(77)108)60-100(102(99)106)109(96)97-52-26-40-78-73-35-10-23-49-89(73)105(101(78)97)87-47-21-8-33-71(87)72-34-9-22-48-88(72)105/h1-62H. The van der Waals surface area contributed by atoms with Gasteiger partial charge in [0.2, 0.25) is 0 Å². The van der Waals surface area contributed by atoms with Gasteiger partial charge in [0, 0.05) is 44.8 Å². The van der Waals surface area contributed by atoms with Crippen molar-refractivity contribution in [1.29, 1.82) is 0 Å². The van der Waals surface area contributed by atoms with Crippen LogP contribution in [0.1, 0.15) is 66.8 Å². The lowest BCUT2D eigenvalue weighted by atomic mass is 9.33. The van der Waals surface area contributed by atoms with Gasteiger partial charge in [0.1, 0.15) is 0 Å². The Bertz CT molecular complexity index is 6960. The highest BCUT2D eigenvalue weighted by molar-refractivity contribution is 7.00. The molecule has 1 aromatic heterocycles. The first-order valence-electron chi connectivity index (χ1n) is 38.4. The fraction of sp³-hybridized carbons (Fsp3) is 0.0286. The third-order valence-electron chi connectivity index (χ3n) is 26.6. The Kier molecular flexibility index (Phi) is 11.2. The third-order valence-corrected chi connectivity index (χ3v) is 26.6. The van der Waals surface area contributed by atoms with Gasteiger partial charge in [-0.3, -0.25) is 0 Å². The zero-order valence-corrected chi connectivity index (χ0v) is 59.2. The van der Waals surface area contributed by atoms with E-state index in [0.717, 1.165) is 45.2 Å². The van der Waals surface area contributed by atoms with Gasteiger partial charge in [-0.1, -0.05) is 322 Å². The summed E-state index contributed by atoms with van der Waals surface area (Å²) in [6.45, 7) is -0.267. The van der Waals surface area contributed by atoms with E-state index in [1.165, 1.54) is 177 Å².